The molecular formula is C26H42N4O7. The van der Waals surface area contributed by atoms with Crippen LogP contribution in [0.3, 0.4) is 0 Å². The summed E-state index contributed by atoms with van der Waals surface area (Å²) in [5.41, 5.74) is -0.748. The Morgan fingerprint density at radius 2 is 1.81 bits per heavy atom. The van der Waals surface area contributed by atoms with Crippen LogP contribution in [0.25, 0.3) is 0 Å². The summed E-state index contributed by atoms with van der Waals surface area (Å²) in [6.07, 6.45) is 6.11. The van der Waals surface area contributed by atoms with E-state index >= 15 is 0 Å². The van der Waals surface area contributed by atoms with E-state index in [1.807, 2.05) is 0 Å². The van der Waals surface area contributed by atoms with E-state index in [4.69, 9.17) is 9.47 Å². The standard InChI is InChI=1S/C26H42N4O7/c1-5-14-27-23(33)21(31)18-12-9-7-6-8-10-16-36-17-19(29-25(35)37-26(2,3)4)24(34)30-15-11-13-20(30)22(32)28-18/h5,18-20H,1,6-17H2,2-4H3,(H,27,33)(H,28,32)(H,29,35)/t18-,19-,20-/m0/s1. The largest absolute Gasteiger partial charge is 0.444 e. The lowest BCUT2D eigenvalue weighted by atomic mass is 10.0. The molecule has 208 valence electrons. The Balaban J connectivity index is 2.22. The molecule has 2 saturated heterocycles. The number of alkyl carbamates (subject to hydrolysis) is 1. The van der Waals surface area contributed by atoms with Crippen LogP contribution in [-0.4, -0.2) is 84.5 Å². The smallest absolute Gasteiger partial charge is 0.408 e. The summed E-state index contributed by atoms with van der Waals surface area (Å²) in [7, 11) is 0. The van der Waals surface area contributed by atoms with Gasteiger partial charge < -0.3 is 30.3 Å². The third-order valence-corrected chi connectivity index (χ3v) is 6.16. The molecule has 0 unspecified atom stereocenters. The second-order valence-corrected chi connectivity index (χ2v) is 10.4. The molecule has 0 saturated carbocycles. The number of ketones is 1. The number of ether oxygens (including phenoxy) is 2. The normalized spacial score (nSPS) is 24.4. The highest BCUT2D eigenvalue weighted by molar-refractivity contribution is 6.38. The van der Waals surface area contributed by atoms with E-state index in [1.165, 1.54) is 11.0 Å². The van der Waals surface area contributed by atoms with Gasteiger partial charge in [0, 0.05) is 19.7 Å². The minimum atomic E-state index is -1.03. The van der Waals surface area contributed by atoms with Crippen molar-refractivity contribution in [3.8, 4) is 0 Å². The number of carbonyl (C=O) groups excluding carboxylic acids is 5. The van der Waals surface area contributed by atoms with Gasteiger partial charge in [0.1, 0.15) is 17.7 Å². The molecule has 3 atom stereocenters. The Kier molecular flexibility index (Phi) is 12.0. The van der Waals surface area contributed by atoms with Crippen molar-refractivity contribution in [1.29, 1.82) is 0 Å². The van der Waals surface area contributed by atoms with Crippen LogP contribution in [-0.2, 0) is 28.7 Å². The minimum Gasteiger partial charge on any atom is -0.444 e. The fraction of sp³-hybridized carbons (Fsp3) is 0.731. The number of carbonyl (C=O) groups is 5. The van der Waals surface area contributed by atoms with Gasteiger partial charge in [-0.2, -0.15) is 0 Å². The number of nitrogens with zero attached hydrogens (tertiary/aromatic N) is 1. The maximum absolute atomic E-state index is 13.5. The van der Waals surface area contributed by atoms with Crippen molar-refractivity contribution in [3.63, 3.8) is 0 Å². The Labute approximate surface area is 219 Å². The molecular weight excluding hydrogens is 480 g/mol. The number of fused-ring (bicyclic) bond motifs is 1. The maximum atomic E-state index is 13.5. The Hall–Kier alpha value is -2.95. The molecule has 0 aromatic heterocycles. The van der Waals surface area contributed by atoms with Gasteiger partial charge in [0.15, 0.2) is 0 Å². The zero-order chi connectivity index (χ0) is 27.4. The molecule has 4 amide bonds. The summed E-state index contributed by atoms with van der Waals surface area (Å²) in [6, 6.07) is -2.84. The first-order valence-electron chi connectivity index (χ1n) is 13.1. The Bertz CT molecular complexity index is 839. The predicted octanol–water partition coefficient (Wildman–Crippen LogP) is 1.60. The van der Waals surface area contributed by atoms with E-state index in [9.17, 15) is 24.0 Å². The first kappa shape index (κ1) is 30.3. The van der Waals surface area contributed by atoms with E-state index in [2.05, 4.69) is 22.5 Å². The lowest BCUT2D eigenvalue weighted by Crippen LogP contribution is -2.57. The monoisotopic (exact) mass is 522 g/mol. The third kappa shape index (κ3) is 10.1. The van der Waals surface area contributed by atoms with E-state index in [0.29, 0.717) is 38.8 Å². The van der Waals surface area contributed by atoms with Crippen molar-refractivity contribution >= 4 is 29.6 Å². The molecule has 2 rings (SSSR count). The predicted molar refractivity (Wildman–Crippen MR) is 137 cm³/mol. The molecule has 0 radical (unpaired) electrons. The molecule has 3 N–H and O–H groups in total. The number of Topliss-reactive ketones (excluding diaryl/α,β-unsaturated/α-hetero) is 1. The minimum absolute atomic E-state index is 0.0481. The van der Waals surface area contributed by atoms with Crippen molar-refractivity contribution in [2.75, 3.05) is 26.3 Å². The zero-order valence-electron chi connectivity index (χ0n) is 22.3. The molecule has 0 aromatic rings. The fourth-order valence-electron chi connectivity index (χ4n) is 4.36. The molecule has 2 aliphatic heterocycles. The highest BCUT2D eigenvalue weighted by Gasteiger charge is 2.39. The van der Waals surface area contributed by atoms with Crippen LogP contribution in [0.15, 0.2) is 12.7 Å². The SMILES string of the molecule is C=CCNC(=O)C(=O)[C@@H]1CCCCCCCOC[C@H](NC(=O)OC(C)(C)C)C(=O)N2CCC[C@H]2C(=O)N1. The van der Waals surface area contributed by atoms with Gasteiger partial charge in [-0.1, -0.05) is 31.8 Å². The van der Waals surface area contributed by atoms with Crippen molar-refractivity contribution < 1.29 is 33.4 Å². The first-order valence-corrected chi connectivity index (χ1v) is 13.1. The second kappa shape index (κ2) is 14.7. The van der Waals surface area contributed by atoms with Gasteiger partial charge in [-0.15, -0.1) is 6.58 Å². The summed E-state index contributed by atoms with van der Waals surface area (Å²) >= 11 is 0. The number of rotatable bonds is 5. The Morgan fingerprint density at radius 1 is 1.11 bits per heavy atom. The maximum Gasteiger partial charge on any atom is 0.408 e. The van der Waals surface area contributed by atoms with E-state index in [-0.39, 0.29) is 13.2 Å². The molecule has 0 spiro atoms. The molecule has 11 nitrogen and oxygen atoms in total. The number of nitrogens with one attached hydrogen (secondary N) is 3. The van der Waals surface area contributed by atoms with E-state index in [1.54, 1.807) is 20.8 Å². The first-order chi connectivity index (χ1) is 17.5. The van der Waals surface area contributed by atoms with Crippen molar-refractivity contribution in [2.45, 2.75) is 95.9 Å². The summed E-state index contributed by atoms with van der Waals surface area (Å²) in [5, 5.41) is 7.78. The molecule has 0 aromatic carbocycles. The summed E-state index contributed by atoms with van der Waals surface area (Å²) in [4.78, 5) is 65.7. The quantitative estimate of drug-likeness (QED) is 0.368. The van der Waals surface area contributed by atoms with Crippen LogP contribution in [0.5, 0.6) is 0 Å². The average Bonchev–Trinajstić information content (AvgIpc) is 3.32. The van der Waals surface area contributed by atoms with Crippen LogP contribution in [0, 0.1) is 0 Å². The zero-order valence-corrected chi connectivity index (χ0v) is 22.3. The average molecular weight is 523 g/mol. The lowest BCUT2D eigenvalue weighted by molar-refractivity contribution is -0.143. The molecule has 0 aliphatic carbocycles. The number of amides is 4. The Morgan fingerprint density at radius 3 is 2.51 bits per heavy atom. The summed E-state index contributed by atoms with van der Waals surface area (Å²) in [5.74, 6) is -2.45. The van der Waals surface area contributed by atoms with Crippen LogP contribution in [0.4, 0.5) is 4.79 Å². The van der Waals surface area contributed by atoms with Gasteiger partial charge in [0.05, 0.1) is 12.6 Å². The fourth-order valence-corrected chi connectivity index (χ4v) is 4.36. The van der Waals surface area contributed by atoms with Gasteiger partial charge in [-0.25, -0.2) is 4.79 Å². The van der Waals surface area contributed by atoms with Crippen molar-refractivity contribution in [2.24, 2.45) is 0 Å². The van der Waals surface area contributed by atoms with Gasteiger partial charge in [0.2, 0.25) is 17.6 Å². The molecule has 37 heavy (non-hydrogen) atoms. The van der Waals surface area contributed by atoms with Crippen LogP contribution in [0.2, 0.25) is 0 Å². The van der Waals surface area contributed by atoms with Gasteiger partial charge >= 0.3 is 6.09 Å². The van der Waals surface area contributed by atoms with E-state index in [0.717, 1.165) is 25.7 Å². The van der Waals surface area contributed by atoms with Crippen LogP contribution in [0.1, 0.15) is 72.1 Å². The second-order valence-electron chi connectivity index (χ2n) is 10.4. The topological polar surface area (TPSA) is 143 Å². The van der Waals surface area contributed by atoms with Crippen molar-refractivity contribution in [1.82, 2.24) is 20.9 Å². The summed E-state index contributed by atoms with van der Waals surface area (Å²) in [6.45, 7) is 9.53. The molecule has 2 fully saturated rings. The molecule has 11 heteroatoms. The highest BCUT2D eigenvalue weighted by atomic mass is 16.6. The highest BCUT2D eigenvalue weighted by Crippen LogP contribution is 2.20. The number of hydrogen-bond acceptors (Lipinski definition) is 7. The van der Waals surface area contributed by atoms with Gasteiger partial charge in [-0.05, 0) is 46.5 Å². The molecule has 0 bridgehead atoms. The molecule has 2 aliphatic rings. The molecule has 2 heterocycles. The summed E-state index contributed by atoms with van der Waals surface area (Å²) < 4.78 is 11.0. The van der Waals surface area contributed by atoms with Gasteiger partial charge in [0.25, 0.3) is 5.91 Å². The van der Waals surface area contributed by atoms with E-state index < -0.39 is 53.3 Å². The third-order valence-electron chi connectivity index (χ3n) is 6.16. The van der Waals surface area contributed by atoms with Gasteiger partial charge in [-0.3, -0.25) is 19.2 Å². The van der Waals surface area contributed by atoms with Crippen LogP contribution < -0.4 is 16.0 Å². The lowest BCUT2D eigenvalue weighted by Gasteiger charge is -2.30. The number of hydrogen-bond donors (Lipinski definition) is 3. The van der Waals surface area contributed by atoms with Crippen molar-refractivity contribution in [3.05, 3.63) is 12.7 Å². The van der Waals surface area contributed by atoms with Crippen LogP contribution >= 0.6 is 0 Å².